The molecule has 1 aliphatic rings. The molecule has 44 heavy (non-hydrogen) atoms. The molecule has 1 unspecified atom stereocenters. The summed E-state index contributed by atoms with van der Waals surface area (Å²) in [4.78, 5) is 53.9. The van der Waals surface area contributed by atoms with E-state index in [9.17, 15) is 24.3 Å². The van der Waals surface area contributed by atoms with Gasteiger partial charge < -0.3 is 35.5 Å². The summed E-state index contributed by atoms with van der Waals surface area (Å²) in [5, 5.41) is 19.1. The number of carbonyl (C=O) groups is 4. The Bertz CT molecular complexity index is 1650. The van der Waals surface area contributed by atoms with Gasteiger partial charge in [0, 0.05) is 23.1 Å². The number of nitrogens with one attached hydrogen (secondary N) is 4. The molecule has 0 radical (unpaired) electrons. The van der Waals surface area contributed by atoms with Crippen molar-refractivity contribution in [2.75, 3.05) is 18.7 Å². The number of aliphatic carboxylic acids is 1. The zero-order valence-electron chi connectivity index (χ0n) is 24.4. The van der Waals surface area contributed by atoms with E-state index in [0.717, 1.165) is 10.9 Å². The average molecular weight is 599 g/mol. The van der Waals surface area contributed by atoms with Gasteiger partial charge in [-0.05, 0) is 59.9 Å². The predicted molar refractivity (Wildman–Crippen MR) is 164 cm³/mol. The SMILES string of the molecule is CC(C)C[C@H](NC(=O)Cc1ccc(NC(=O)c2cc3ccccc3[nH]2)cc1)C(=O)NCC(C(=O)O)c1ccc2c(c1)OCO2. The van der Waals surface area contributed by atoms with E-state index in [0.29, 0.717) is 40.4 Å². The molecule has 5 N–H and O–H groups in total. The lowest BCUT2D eigenvalue weighted by atomic mass is 9.98. The van der Waals surface area contributed by atoms with Crippen LogP contribution in [0.2, 0.25) is 0 Å². The Morgan fingerprint density at radius 3 is 2.41 bits per heavy atom. The third-order valence-corrected chi connectivity index (χ3v) is 7.29. The van der Waals surface area contributed by atoms with E-state index in [-0.39, 0.29) is 37.5 Å². The second kappa shape index (κ2) is 13.3. The van der Waals surface area contributed by atoms with Gasteiger partial charge in [0.05, 0.1) is 12.3 Å². The van der Waals surface area contributed by atoms with Gasteiger partial charge in [-0.25, -0.2) is 0 Å². The predicted octanol–water partition coefficient (Wildman–Crippen LogP) is 4.21. The smallest absolute Gasteiger partial charge is 0.312 e. The number of anilines is 1. The Morgan fingerprint density at radius 2 is 1.68 bits per heavy atom. The van der Waals surface area contributed by atoms with Gasteiger partial charge in [-0.3, -0.25) is 19.2 Å². The van der Waals surface area contributed by atoms with E-state index in [1.165, 1.54) is 0 Å². The maximum absolute atomic E-state index is 13.1. The maximum Gasteiger partial charge on any atom is 0.312 e. The number of carboxylic acid groups (broad SMARTS) is 1. The Labute approximate surface area is 253 Å². The zero-order chi connectivity index (χ0) is 31.2. The number of hydrogen-bond donors (Lipinski definition) is 5. The summed E-state index contributed by atoms with van der Waals surface area (Å²) in [5.41, 5.74) is 3.05. The molecule has 3 aromatic carbocycles. The van der Waals surface area contributed by atoms with E-state index < -0.39 is 23.8 Å². The van der Waals surface area contributed by atoms with Gasteiger partial charge in [-0.15, -0.1) is 0 Å². The number of aromatic nitrogens is 1. The van der Waals surface area contributed by atoms with Gasteiger partial charge in [0.15, 0.2) is 11.5 Å². The monoisotopic (exact) mass is 598 g/mol. The summed E-state index contributed by atoms with van der Waals surface area (Å²) in [6.45, 7) is 3.77. The highest BCUT2D eigenvalue weighted by Gasteiger charge is 2.27. The topological polar surface area (TPSA) is 159 Å². The molecular weight excluding hydrogens is 564 g/mol. The number of para-hydroxylation sites is 1. The summed E-state index contributed by atoms with van der Waals surface area (Å²) in [6.07, 6.45) is 0.394. The summed E-state index contributed by atoms with van der Waals surface area (Å²) in [6, 6.07) is 20.3. The highest BCUT2D eigenvalue weighted by Crippen LogP contribution is 2.34. The highest BCUT2D eigenvalue weighted by molar-refractivity contribution is 6.06. The van der Waals surface area contributed by atoms with Crippen molar-refractivity contribution in [1.29, 1.82) is 0 Å². The molecule has 0 aliphatic carbocycles. The number of carbonyl (C=O) groups excluding carboxylic acids is 3. The van der Waals surface area contributed by atoms with Gasteiger partial charge in [-0.1, -0.05) is 50.2 Å². The average Bonchev–Trinajstić information content (AvgIpc) is 3.64. The van der Waals surface area contributed by atoms with Gasteiger partial charge in [0.1, 0.15) is 11.7 Å². The van der Waals surface area contributed by atoms with Crippen LogP contribution in [0.4, 0.5) is 5.69 Å². The number of aromatic amines is 1. The molecule has 0 saturated heterocycles. The Kier molecular flexibility index (Phi) is 9.13. The summed E-state index contributed by atoms with van der Waals surface area (Å²) >= 11 is 0. The Morgan fingerprint density at radius 1 is 0.932 bits per heavy atom. The molecule has 0 fully saturated rings. The second-order valence-electron chi connectivity index (χ2n) is 11.1. The minimum absolute atomic E-state index is 0.0209. The van der Waals surface area contributed by atoms with Crippen molar-refractivity contribution in [3.63, 3.8) is 0 Å². The van der Waals surface area contributed by atoms with Gasteiger partial charge in [0.25, 0.3) is 5.91 Å². The fourth-order valence-electron chi connectivity index (χ4n) is 5.04. The van der Waals surface area contributed by atoms with Crippen molar-refractivity contribution in [3.05, 3.63) is 89.6 Å². The van der Waals surface area contributed by atoms with Crippen LogP contribution >= 0.6 is 0 Å². The van der Waals surface area contributed by atoms with Crippen molar-refractivity contribution in [1.82, 2.24) is 15.6 Å². The highest BCUT2D eigenvalue weighted by atomic mass is 16.7. The van der Waals surface area contributed by atoms with Crippen LogP contribution in [0.1, 0.15) is 47.8 Å². The lowest BCUT2D eigenvalue weighted by Crippen LogP contribution is -2.49. The van der Waals surface area contributed by atoms with Crippen LogP contribution in [-0.4, -0.2) is 53.2 Å². The molecule has 5 rings (SSSR count). The van der Waals surface area contributed by atoms with E-state index >= 15 is 0 Å². The molecule has 11 nitrogen and oxygen atoms in total. The molecule has 11 heteroatoms. The van der Waals surface area contributed by atoms with Crippen molar-refractivity contribution in [3.8, 4) is 11.5 Å². The first kappa shape index (κ1) is 30.1. The van der Waals surface area contributed by atoms with Gasteiger partial charge >= 0.3 is 5.97 Å². The molecule has 1 aromatic heterocycles. The molecular formula is C33H34N4O7. The molecule has 2 atom stereocenters. The number of carboxylic acids is 1. The first-order chi connectivity index (χ1) is 21.2. The summed E-state index contributed by atoms with van der Waals surface area (Å²) < 4.78 is 10.6. The van der Waals surface area contributed by atoms with Crippen LogP contribution in [0.15, 0.2) is 72.8 Å². The fourth-order valence-corrected chi connectivity index (χ4v) is 5.04. The van der Waals surface area contributed by atoms with Crippen LogP contribution in [0.5, 0.6) is 11.5 Å². The zero-order valence-corrected chi connectivity index (χ0v) is 24.4. The summed E-state index contributed by atoms with van der Waals surface area (Å²) in [5.74, 6) is -2.14. The number of fused-ring (bicyclic) bond motifs is 2. The van der Waals surface area contributed by atoms with E-state index in [2.05, 4.69) is 20.9 Å². The number of rotatable bonds is 12. The normalized spacial score (nSPS) is 13.3. The van der Waals surface area contributed by atoms with Crippen molar-refractivity contribution >= 4 is 40.3 Å². The van der Waals surface area contributed by atoms with Gasteiger partial charge in [-0.2, -0.15) is 0 Å². The molecule has 228 valence electrons. The second-order valence-corrected chi connectivity index (χ2v) is 11.1. The van der Waals surface area contributed by atoms with E-state index in [4.69, 9.17) is 9.47 Å². The summed E-state index contributed by atoms with van der Waals surface area (Å²) in [7, 11) is 0. The number of ether oxygens (including phenoxy) is 2. The van der Waals surface area contributed by atoms with Crippen molar-refractivity contribution < 1.29 is 33.8 Å². The van der Waals surface area contributed by atoms with Crippen molar-refractivity contribution in [2.24, 2.45) is 5.92 Å². The molecule has 0 spiro atoms. The Balaban J connectivity index is 1.16. The largest absolute Gasteiger partial charge is 0.481 e. The van der Waals surface area contributed by atoms with Crippen LogP contribution in [0.3, 0.4) is 0 Å². The van der Waals surface area contributed by atoms with Crippen LogP contribution in [-0.2, 0) is 20.8 Å². The van der Waals surface area contributed by atoms with Crippen LogP contribution < -0.4 is 25.4 Å². The van der Waals surface area contributed by atoms with E-state index in [1.54, 1.807) is 48.5 Å². The fraction of sp³-hybridized carbons (Fsp3) is 0.273. The van der Waals surface area contributed by atoms with E-state index in [1.807, 2.05) is 38.1 Å². The Hall–Kier alpha value is -5.32. The minimum atomic E-state index is -1.10. The third-order valence-electron chi connectivity index (χ3n) is 7.29. The molecule has 0 bridgehead atoms. The number of amides is 3. The molecule has 0 saturated carbocycles. The molecule has 3 amide bonds. The third kappa shape index (κ3) is 7.35. The molecule has 2 heterocycles. The first-order valence-electron chi connectivity index (χ1n) is 14.3. The minimum Gasteiger partial charge on any atom is -0.481 e. The van der Waals surface area contributed by atoms with Gasteiger partial charge in [0.2, 0.25) is 18.6 Å². The molecule has 4 aromatic rings. The molecule has 1 aliphatic heterocycles. The number of benzene rings is 3. The van der Waals surface area contributed by atoms with Crippen LogP contribution in [0.25, 0.3) is 10.9 Å². The lowest BCUT2D eigenvalue weighted by molar-refractivity contribution is -0.139. The quantitative estimate of drug-likeness (QED) is 0.163. The number of H-pyrrole nitrogens is 1. The maximum atomic E-state index is 13.1. The van der Waals surface area contributed by atoms with Crippen molar-refractivity contribution in [2.45, 2.75) is 38.6 Å². The number of hydrogen-bond acceptors (Lipinski definition) is 6. The standard InChI is InChI=1S/C33H34N4O7/c1-19(2)13-26(31(39)34-17-24(33(41)42)21-9-12-28-29(16-21)44-18-43-28)37-30(38)14-20-7-10-23(11-8-20)35-32(40)27-15-22-5-3-4-6-25(22)36-27/h3-12,15-16,19,24,26,36H,13-14,17-18H2,1-2H3,(H,34,39)(H,35,40)(H,37,38)(H,41,42)/t24?,26-/m0/s1. The van der Waals surface area contributed by atoms with Crippen LogP contribution in [0, 0.1) is 5.92 Å². The first-order valence-corrected chi connectivity index (χ1v) is 14.3. The lowest BCUT2D eigenvalue weighted by Gasteiger charge is -2.22.